The minimum absolute atomic E-state index is 0.927. The maximum Gasteiger partial charge on any atom is 0.127 e. The topological polar surface area (TPSA) is 28.2 Å². The molecule has 14 heavy (non-hydrogen) atoms. The van der Waals surface area contributed by atoms with Gasteiger partial charge in [0.25, 0.3) is 0 Å². The molecule has 1 fully saturated rings. The highest BCUT2D eigenvalue weighted by atomic mass is 15.1. The summed E-state index contributed by atoms with van der Waals surface area (Å²) >= 11 is 0. The van der Waals surface area contributed by atoms with Crippen LogP contribution in [0.2, 0.25) is 0 Å². The summed E-state index contributed by atoms with van der Waals surface area (Å²) in [6.07, 6.45) is 4.52. The van der Waals surface area contributed by atoms with Crippen LogP contribution < -0.4 is 10.2 Å². The number of hydrogen-bond acceptors (Lipinski definition) is 3. The van der Waals surface area contributed by atoms with Crippen LogP contribution in [0.25, 0.3) is 0 Å². The van der Waals surface area contributed by atoms with Crippen molar-refractivity contribution in [2.24, 2.45) is 0 Å². The van der Waals surface area contributed by atoms with E-state index in [1.807, 2.05) is 6.20 Å². The van der Waals surface area contributed by atoms with Gasteiger partial charge in [0.15, 0.2) is 0 Å². The number of aromatic nitrogens is 1. The second-order valence-corrected chi connectivity index (χ2v) is 3.62. The summed E-state index contributed by atoms with van der Waals surface area (Å²) in [6.45, 7) is 5.39. The van der Waals surface area contributed by atoms with E-state index in [4.69, 9.17) is 0 Å². The lowest BCUT2D eigenvalue weighted by Gasteiger charge is -2.17. The molecule has 0 amide bonds. The predicted molar refractivity (Wildman–Crippen MR) is 59.8 cm³/mol. The van der Waals surface area contributed by atoms with Gasteiger partial charge in [0.1, 0.15) is 5.82 Å². The fraction of sp³-hybridized carbons (Fsp3) is 0.545. The molecule has 0 radical (unpaired) electrons. The van der Waals surface area contributed by atoms with Crippen LogP contribution in [-0.4, -0.2) is 24.6 Å². The predicted octanol–water partition coefficient (Wildman–Crippen LogP) is 2.11. The Morgan fingerprint density at radius 1 is 1.43 bits per heavy atom. The summed E-state index contributed by atoms with van der Waals surface area (Å²) in [5, 5.41) is 3.23. The lowest BCUT2D eigenvalue weighted by atomic mass is 10.3. The Morgan fingerprint density at radius 2 is 2.21 bits per heavy atom. The molecular weight excluding hydrogens is 174 g/mol. The van der Waals surface area contributed by atoms with Crippen LogP contribution >= 0.6 is 0 Å². The molecule has 1 aliphatic rings. The first kappa shape index (κ1) is 9.31. The van der Waals surface area contributed by atoms with Crippen LogP contribution in [0.3, 0.4) is 0 Å². The second-order valence-electron chi connectivity index (χ2n) is 3.62. The van der Waals surface area contributed by atoms with Crippen molar-refractivity contribution in [1.82, 2.24) is 4.98 Å². The van der Waals surface area contributed by atoms with E-state index < -0.39 is 0 Å². The normalized spacial score (nSPS) is 15.9. The summed E-state index contributed by atoms with van der Waals surface area (Å²) in [7, 11) is 0. The van der Waals surface area contributed by atoms with Crippen molar-refractivity contribution in [3.63, 3.8) is 0 Å². The molecule has 0 aliphatic carbocycles. The van der Waals surface area contributed by atoms with E-state index in [0.717, 1.165) is 12.4 Å². The Labute approximate surface area is 85.1 Å². The summed E-state index contributed by atoms with van der Waals surface area (Å²) in [4.78, 5) is 6.68. The number of rotatable bonds is 3. The number of nitrogens with zero attached hydrogens (tertiary/aromatic N) is 2. The van der Waals surface area contributed by atoms with Crippen molar-refractivity contribution in [2.75, 3.05) is 29.9 Å². The molecule has 2 heterocycles. The molecule has 1 aromatic heterocycles. The van der Waals surface area contributed by atoms with Crippen molar-refractivity contribution < 1.29 is 0 Å². The Morgan fingerprint density at radius 3 is 2.93 bits per heavy atom. The maximum atomic E-state index is 4.26. The van der Waals surface area contributed by atoms with Crippen molar-refractivity contribution in [3.05, 3.63) is 18.3 Å². The molecule has 76 valence electrons. The van der Waals surface area contributed by atoms with E-state index in [9.17, 15) is 0 Å². The molecule has 0 atom stereocenters. The first-order chi connectivity index (χ1) is 6.90. The van der Waals surface area contributed by atoms with Gasteiger partial charge in [-0.05, 0) is 25.8 Å². The molecule has 3 nitrogen and oxygen atoms in total. The lowest BCUT2D eigenvalue weighted by molar-refractivity contribution is 0.949. The van der Waals surface area contributed by atoms with Crippen LogP contribution in [0, 0.1) is 0 Å². The van der Waals surface area contributed by atoms with Gasteiger partial charge < -0.3 is 10.2 Å². The second kappa shape index (κ2) is 4.31. The lowest BCUT2D eigenvalue weighted by Crippen LogP contribution is -2.17. The molecule has 1 aromatic rings. The van der Waals surface area contributed by atoms with Crippen molar-refractivity contribution in [2.45, 2.75) is 19.8 Å². The molecule has 0 saturated carbocycles. The standard InChI is InChI=1S/C11H17N3/c1-2-12-11-9-10(5-6-13-11)14-7-3-4-8-14/h5-6,9H,2-4,7-8H2,1H3,(H,12,13). The van der Waals surface area contributed by atoms with E-state index in [2.05, 4.69) is 34.3 Å². The van der Waals surface area contributed by atoms with Crippen LogP contribution in [0.1, 0.15) is 19.8 Å². The number of hydrogen-bond donors (Lipinski definition) is 1. The summed E-state index contributed by atoms with van der Waals surface area (Å²) in [5.74, 6) is 0.983. The molecule has 0 aromatic carbocycles. The Hall–Kier alpha value is -1.25. The van der Waals surface area contributed by atoms with Gasteiger partial charge in [0.2, 0.25) is 0 Å². The average molecular weight is 191 g/mol. The summed E-state index contributed by atoms with van der Waals surface area (Å²) < 4.78 is 0. The van der Waals surface area contributed by atoms with Crippen LogP contribution in [0.4, 0.5) is 11.5 Å². The molecule has 0 bridgehead atoms. The van der Waals surface area contributed by atoms with Crippen LogP contribution in [-0.2, 0) is 0 Å². The molecular formula is C11H17N3. The molecule has 1 N–H and O–H groups in total. The summed E-state index contributed by atoms with van der Waals surface area (Å²) in [6, 6.07) is 4.22. The molecule has 1 aliphatic heterocycles. The number of anilines is 2. The molecule has 2 rings (SSSR count). The van der Waals surface area contributed by atoms with Gasteiger partial charge in [-0.3, -0.25) is 0 Å². The van der Waals surface area contributed by atoms with Gasteiger partial charge in [-0.1, -0.05) is 0 Å². The number of nitrogens with one attached hydrogen (secondary N) is 1. The molecule has 0 unspecified atom stereocenters. The molecule has 3 heteroatoms. The van der Waals surface area contributed by atoms with Crippen LogP contribution in [0.5, 0.6) is 0 Å². The van der Waals surface area contributed by atoms with Gasteiger partial charge in [0.05, 0.1) is 0 Å². The monoisotopic (exact) mass is 191 g/mol. The van der Waals surface area contributed by atoms with Crippen LogP contribution in [0.15, 0.2) is 18.3 Å². The zero-order chi connectivity index (χ0) is 9.80. The third-order valence-corrected chi connectivity index (χ3v) is 2.57. The fourth-order valence-corrected chi connectivity index (χ4v) is 1.87. The summed E-state index contributed by atoms with van der Waals surface area (Å²) in [5.41, 5.74) is 1.30. The minimum atomic E-state index is 0.927. The third-order valence-electron chi connectivity index (χ3n) is 2.57. The molecule has 0 spiro atoms. The van der Waals surface area contributed by atoms with E-state index in [-0.39, 0.29) is 0 Å². The zero-order valence-corrected chi connectivity index (χ0v) is 8.66. The van der Waals surface area contributed by atoms with E-state index >= 15 is 0 Å². The minimum Gasteiger partial charge on any atom is -0.371 e. The number of pyridine rings is 1. The fourth-order valence-electron chi connectivity index (χ4n) is 1.87. The Bertz CT molecular complexity index is 292. The molecule has 1 saturated heterocycles. The SMILES string of the molecule is CCNc1cc(N2CCCC2)ccn1. The van der Waals surface area contributed by atoms with Crippen molar-refractivity contribution in [3.8, 4) is 0 Å². The smallest absolute Gasteiger partial charge is 0.127 e. The van der Waals surface area contributed by atoms with E-state index in [1.165, 1.54) is 31.6 Å². The quantitative estimate of drug-likeness (QED) is 0.793. The largest absolute Gasteiger partial charge is 0.371 e. The highest BCUT2D eigenvalue weighted by Crippen LogP contribution is 2.21. The average Bonchev–Trinajstić information content (AvgIpc) is 2.71. The van der Waals surface area contributed by atoms with E-state index in [1.54, 1.807) is 0 Å². The maximum absolute atomic E-state index is 4.26. The Kier molecular flexibility index (Phi) is 2.87. The van der Waals surface area contributed by atoms with Crippen molar-refractivity contribution in [1.29, 1.82) is 0 Å². The Balaban J connectivity index is 2.12. The third kappa shape index (κ3) is 1.97. The zero-order valence-electron chi connectivity index (χ0n) is 8.66. The van der Waals surface area contributed by atoms with Crippen molar-refractivity contribution >= 4 is 11.5 Å². The van der Waals surface area contributed by atoms with Gasteiger partial charge in [-0.25, -0.2) is 4.98 Å². The van der Waals surface area contributed by atoms with E-state index in [0.29, 0.717) is 0 Å². The first-order valence-electron chi connectivity index (χ1n) is 5.35. The first-order valence-corrected chi connectivity index (χ1v) is 5.35. The highest BCUT2D eigenvalue weighted by molar-refractivity contribution is 5.54. The van der Waals surface area contributed by atoms with Gasteiger partial charge in [-0.15, -0.1) is 0 Å². The van der Waals surface area contributed by atoms with Gasteiger partial charge in [0, 0.05) is 37.6 Å². The van der Waals surface area contributed by atoms with Gasteiger partial charge >= 0.3 is 0 Å². The highest BCUT2D eigenvalue weighted by Gasteiger charge is 2.12. The van der Waals surface area contributed by atoms with Gasteiger partial charge in [-0.2, -0.15) is 0 Å².